The van der Waals surface area contributed by atoms with Gasteiger partial charge in [-0.15, -0.1) is 22.7 Å². The predicted molar refractivity (Wildman–Crippen MR) is 71.8 cm³/mol. The van der Waals surface area contributed by atoms with Crippen LogP contribution >= 0.6 is 50.4 Å². The minimum Gasteiger partial charge on any atom is -0.224 e. The number of sulfonamides is 1. The van der Waals surface area contributed by atoms with Gasteiger partial charge in [-0.05, 0) is 40.2 Å². The van der Waals surface area contributed by atoms with Crippen LogP contribution in [0, 0.1) is 0 Å². The average Bonchev–Trinajstić information content (AvgIpc) is 2.74. The fraction of sp³-hybridized carbons (Fsp3) is 0. The molecule has 0 saturated heterocycles. The van der Waals surface area contributed by atoms with E-state index in [9.17, 15) is 8.42 Å². The molecular formula is C8H6BrNO2S4. The van der Waals surface area contributed by atoms with Crippen LogP contribution in [0.4, 0.5) is 0 Å². The van der Waals surface area contributed by atoms with Crippen molar-refractivity contribution >= 4 is 60.4 Å². The first kappa shape index (κ1) is 12.6. The second-order valence-corrected chi connectivity index (χ2v) is 9.71. The molecule has 2 rings (SSSR count). The summed E-state index contributed by atoms with van der Waals surface area (Å²) >= 11 is 7.70. The Balaban J connectivity index is 2.21. The number of primary sulfonamides is 1. The van der Waals surface area contributed by atoms with Crippen molar-refractivity contribution in [2.75, 3.05) is 0 Å². The van der Waals surface area contributed by atoms with Crippen LogP contribution in [-0.2, 0) is 10.0 Å². The Labute approximate surface area is 114 Å². The average molecular weight is 356 g/mol. The Kier molecular flexibility index (Phi) is 3.77. The Hall–Kier alpha value is 0.140. The smallest absolute Gasteiger partial charge is 0.224 e. The van der Waals surface area contributed by atoms with Gasteiger partial charge in [0.25, 0.3) is 0 Å². The number of rotatable bonds is 3. The molecule has 0 saturated carbocycles. The van der Waals surface area contributed by atoms with E-state index < -0.39 is 10.0 Å². The number of hydrogen-bond acceptors (Lipinski definition) is 5. The van der Waals surface area contributed by atoms with Crippen molar-refractivity contribution in [1.82, 2.24) is 0 Å². The van der Waals surface area contributed by atoms with E-state index >= 15 is 0 Å². The van der Waals surface area contributed by atoms with E-state index in [0.717, 1.165) is 12.2 Å². The summed E-state index contributed by atoms with van der Waals surface area (Å²) in [7, 11) is -3.57. The Morgan fingerprint density at radius 1 is 1.12 bits per heavy atom. The molecule has 0 bridgehead atoms. The van der Waals surface area contributed by atoms with Crippen molar-refractivity contribution < 1.29 is 8.42 Å². The molecule has 2 N–H and O–H groups in total. The molecule has 0 spiro atoms. The lowest BCUT2D eigenvalue weighted by Crippen LogP contribution is -2.09. The van der Waals surface area contributed by atoms with Gasteiger partial charge in [-0.25, -0.2) is 13.6 Å². The van der Waals surface area contributed by atoms with E-state index in [1.54, 1.807) is 17.4 Å². The monoisotopic (exact) mass is 355 g/mol. The summed E-state index contributed by atoms with van der Waals surface area (Å²) in [6.45, 7) is 0. The third-order valence-electron chi connectivity index (χ3n) is 1.59. The van der Waals surface area contributed by atoms with Crippen molar-refractivity contribution in [2.24, 2.45) is 5.14 Å². The number of nitrogens with two attached hydrogens (primary N) is 1. The van der Waals surface area contributed by atoms with Gasteiger partial charge < -0.3 is 0 Å². The van der Waals surface area contributed by atoms with Crippen LogP contribution in [0.3, 0.4) is 0 Å². The Morgan fingerprint density at radius 2 is 1.75 bits per heavy atom. The molecule has 0 fully saturated rings. The quantitative estimate of drug-likeness (QED) is 0.917. The zero-order chi connectivity index (χ0) is 11.8. The molecule has 0 aliphatic heterocycles. The van der Waals surface area contributed by atoms with Crippen molar-refractivity contribution in [3.05, 3.63) is 28.1 Å². The molecule has 0 amide bonds. The van der Waals surface area contributed by atoms with Crippen LogP contribution in [-0.4, -0.2) is 8.42 Å². The molecule has 0 unspecified atom stereocenters. The molecular weight excluding hydrogens is 350 g/mol. The van der Waals surface area contributed by atoms with Gasteiger partial charge in [0, 0.05) is 0 Å². The fourth-order valence-corrected chi connectivity index (χ4v) is 6.06. The number of thiophene rings is 2. The van der Waals surface area contributed by atoms with Crippen LogP contribution in [0.2, 0.25) is 0 Å². The summed E-state index contributed by atoms with van der Waals surface area (Å²) in [6.07, 6.45) is 0. The lowest BCUT2D eigenvalue weighted by atomic mass is 10.7. The van der Waals surface area contributed by atoms with Gasteiger partial charge in [0.1, 0.15) is 4.21 Å². The Morgan fingerprint density at radius 3 is 2.25 bits per heavy atom. The van der Waals surface area contributed by atoms with Crippen LogP contribution in [0.25, 0.3) is 0 Å². The topological polar surface area (TPSA) is 60.2 Å². The third-order valence-corrected chi connectivity index (χ3v) is 7.00. The number of halogens is 1. The zero-order valence-corrected chi connectivity index (χ0v) is 12.6. The lowest BCUT2D eigenvalue weighted by molar-refractivity contribution is 0.600. The van der Waals surface area contributed by atoms with Crippen molar-refractivity contribution in [2.45, 2.75) is 12.6 Å². The predicted octanol–water partition coefficient (Wildman–Crippen LogP) is 3.37. The maximum Gasteiger partial charge on any atom is 0.247 e. The molecule has 0 atom stereocenters. The molecule has 16 heavy (non-hydrogen) atoms. The molecule has 0 aliphatic rings. The largest absolute Gasteiger partial charge is 0.247 e. The van der Waals surface area contributed by atoms with Gasteiger partial charge in [0.15, 0.2) is 0 Å². The molecule has 0 aromatic carbocycles. The highest BCUT2D eigenvalue weighted by molar-refractivity contribution is 9.11. The summed E-state index contributed by atoms with van der Waals surface area (Å²) in [5, 5.41) is 5.04. The minimum absolute atomic E-state index is 0.200. The van der Waals surface area contributed by atoms with Crippen molar-refractivity contribution in [1.29, 1.82) is 0 Å². The summed E-state index contributed by atoms with van der Waals surface area (Å²) < 4.78 is 25.4. The standard InChI is InChI=1S/C8H6BrNO2S4/c9-5-1-2-6(13-5)14-7-3-4-8(15-7)16(10,11)12/h1-4H,(H2,10,11,12). The van der Waals surface area contributed by atoms with E-state index in [4.69, 9.17) is 5.14 Å². The minimum atomic E-state index is -3.57. The SMILES string of the molecule is NS(=O)(=O)c1ccc(Sc2ccc(Br)s2)s1. The Bertz CT molecular complexity index is 601. The third kappa shape index (κ3) is 3.08. The molecule has 86 valence electrons. The fourth-order valence-electron chi connectivity index (χ4n) is 0.963. The van der Waals surface area contributed by atoms with Crippen LogP contribution in [0.5, 0.6) is 0 Å². The van der Waals surface area contributed by atoms with Gasteiger partial charge in [-0.3, -0.25) is 0 Å². The lowest BCUT2D eigenvalue weighted by Gasteiger charge is -1.92. The maximum atomic E-state index is 11.1. The van der Waals surface area contributed by atoms with Gasteiger partial charge in [0.05, 0.1) is 12.2 Å². The summed E-state index contributed by atoms with van der Waals surface area (Å²) in [5.41, 5.74) is 0. The van der Waals surface area contributed by atoms with Crippen LogP contribution in [0.1, 0.15) is 0 Å². The highest BCUT2D eigenvalue weighted by Crippen LogP contribution is 2.39. The van der Waals surface area contributed by atoms with Gasteiger partial charge in [-0.1, -0.05) is 11.8 Å². The molecule has 2 aromatic rings. The molecule has 0 radical (unpaired) electrons. The zero-order valence-electron chi connectivity index (χ0n) is 7.71. The summed E-state index contributed by atoms with van der Waals surface area (Å²) in [6, 6.07) is 7.24. The van der Waals surface area contributed by atoms with Crippen molar-refractivity contribution in [3.63, 3.8) is 0 Å². The normalized spacial score (nSPS) is 11.9. The molecule has 2 aromatic heterocycles. The first-order valence-electron chi connectivity index (χ1n) is 4.01. The highest BCUT2D eigenvalue weighted by atomic mass is 79.9. The van der Waals surface area contributed by atoms with E-state index in [1.165, 1.54) is 29.2 Å². The van der Waals surface area contributed by atoms with Crippen LogP contribution < -0.4 is 5.14 Å². The van der Waals surface area contributed by atoms with Gasteiger partial charge >= 0.3 is 0 Å². The van der Waals surface area contributed by atoms with E-state index in [0.29, 0.717) is 0 Å². The van der Waals surface area contributed by atoms with Crippen molar-refractivity contribution in [3.8, 4) is 0 Å². The first-order valence-corrected chi connectivity index (χ1v) is 8.80. The second kappa shape index (κ2) is 4.79. The summed E-state index contributed by atoms with van der Waals surface area (Å²) in [5.74, 6) is 0. The number of hydrogen-bond donors (Lipinski definition) is 1. The second-order valence-electron chi connectivity index (χ2n) is 2.78. The van der Waals surface area contributed by atoms with E-state index in [2.05, 4.69) is 15.9 Å². The highest BCUT2D eigenvalue weighted by Gasteiger charge is 2.12. The molecule has 3 nitrogen and oxygen atoms in total. The summed E-state index contributed by atoms with van der Waals surface area (Å²) in [4.78, 5) is 0. The van der Waals surface area contributed by atoms with Crippen LogP contribution in [0.15, 0.2) is 40.7 Å². The maximum absolute atomic E-state index is 11.1. The molecule has 8 heteroatoms. The molecule has 2 heterocycles. The van der Waals surface area contributed by atoms with Gasteiger partial charge in [0.2, 0.25) is 10.0 Å². The van der Waals surface area contributed by atoms with Gasteiger partial charge in [-0.2, -0.15) is 0 Å². The first-order chi connectivity index (χ1) is 7.45. The van der Waals surface area contributed by atoms with E-state index in [1.807, 2.05) is 12.1 Å². The van der Waals surface area contributed by atoms with E-state index in [-0.39, 0.29) is 4.21 Å². The molecule has 0 aliphatic carbocycles.